The van der Waals surface area contributed by atoms with Crippen LogP contribution >= 0.6 is 0 Å². The number of carbonyl (C=O) groups is 1. The van der Waals surface area contributed by atoms with Crippen molar-refractivity contribution in [1.82, 2.24) is 0 Å². The summed E-state index contributed by atoms with van der Waals surface area (Å²) < 4.78 is 0. The van der Waals surface area contributed by atoms with Crippen molar-refractivity contribution in [3.8, 4) is 0 Å². The highest BCUT2D eigenvalue weighted by molar-refractivity contribution is 6.13. The minimum Gasteiger partial charge on any atom is -0.283 e. The predicted molar refractivity (Wildman–Crippen MR) is 97.5 cm³/mol. The molecule has 0 N–H and O–H groups in total. The Labute approximate surface area is 141 Å². The molecule has 0 saturated carbocycles. The molecule has 24 heavy (non-hydrogen) atoms. The first kappa shape index (κ1) is 14.5. The van der Waals surface area contributed by atoms with Crippen LogP contribution in [0.25, 0.3) is 6.08 Å². The van der Waals surface area contributed by atoms with E-state index in [0.717, 1.165) is 22.5 Å². The summed E-state index contributed by atoms with van der Waals surface area (Å²) in [7, 11) is 0. The summed E-state index contributed by atoms with van der Waals surface area (Å²) in [6.45, 7) is 0. The zero-order valence-electron chi connectivity index (χ0n) is 13.2. The van der Waals surface area contributed by atoms with E-state index in [0.29, 0.717) is 0 Å². The van der Waals surface area contributed by atoms with E-state index >= 15 is 0 Å². The van der Waals surface area contributed by atoms with Crippen molar-refractivity contribution in [2.75, 3.05) is 4.90 Å². The molecular formula is C22H17NO. The van der Waals surface area contributed by atoms with Crippen molar-refractivity contribution in [2.24, 2.45) is 0 Å². The Kier molecular flexibility index (Phi) is 3.72. The van der Waals surface area contributed by atoms with Gasteiger partial charge in [-0.3, -0.25) is 9.69 Å². The molecule has 1 saturated heterocycles. The van der Waals surface area contributed by atoms with Gasteiger partial charge in [-0.25, -0.2) is 0 Å². The van der Waals surface area contributed by atoms with E-state index < -0.39 is 0 Å². The zero-order chi connectivity index (χ0) is 16.4. The largest absolute Gasteiger partial charge is 0.283 e. The number of amides is 1. The van der Waals surface area contributed by atoms with Gasteiger partial charge in [0.1, 0.15) is 5.92 Å². The van der Waals surface area contributed by atoms with Crippen LogP contribution in [0.5, 0.6) is 0 Å². The van der Waals surface area contributed by atoms with Crippen LogP contribution in [0.3, 0.4) is 0 Å². The number of hydrogen-bond donors (Lipinski definition) is 0. The van der Waals surface area contributed by atoms with Gasteiger partial charge in [0, 0.05) is 11.4 Å². The Bertz CT molecular complexity index is 818. The average Bonchev–Trinajstić information content (AvgIpc) is 2.64. The number of β-lactam (4-membered cyclic amide) rings is 1. The number of anilines is 1. The molecule has 116 valence electrons. The number of benzene rings is 3. The Hall–Kier alpha value is -3.13. The maximum Gasteiger partial charge on any atom is 0.244 e. The molecule has 1 unspecified atom stereocenters. The molecule has 0 radical (unpaired) electrons. The fourth-order valence-electron chi connectivity index (χ4n) is 3.13. The summed E-state index contributed by atoms with van der Waals surface area (Å²) in [4.78, 5) is 14.7. The number of carbonyl (C=O) groups excluding carboxylic acids is 1. The van der Waals surface area contributed by atoms with E-state index in [1.807, 2.05) is 83.8 Å². The third-order valence-corrected chi connectivity index (χ3v) is 4.28. The van der Waals surface area contributed by atoms with Gasteiger partial charge in [0.2, 0.25) is 5.91 Å². The van der Waals surface area contributed by atoms with Crippen LogP contribution < -0.4 is 4.90 Å². The maximum atomic E-state index is 12.8. The van der Waals surface area contributed by atoms with Gasteiger partial charge in [-0.1, -0.05) is 78.9 Å². The van der Waals surface area contributed by atoms with E-state index in [9.17, 15) is 4.79 Å². The fourth-order valence-corrected chi connectivity index (χ4v) is 3.13. The second kappa shape index (κ2) is 6.17. The Balaban J connectivity index is 1.78. The first-order valence-electron chi connectivity index (χ1n) is 8.05. The van der Waals surface area contributed by atoms with E-state index in [1.54, 1.807) is 0 Å². The molecule has 4 rings (SSSR count). The van der Waals surface area contributed by atoms with Crippen LogP contribution in [0.1, 0.15) is 17.0 Å². The fraction of sp³-hybridized carbons (Fsp3) is 0.0455. The van der Waals surface area contributed by atoms with Gasteiger partial charge in [0.25, 0.3) is 0 Å². The molecular weight excluding hydrogens is 294 g/mol. The first-order valence-corrected chi connectivity index (χ1v) is 8.05. The lowest BCUT2D eigenvalue weighted by atomic mass is 9.84. The van der Waals surface area contributed by atoms with Crippen LogP contribution in [0.4, 0.5) is 5.69 Å². The highest BCUT2D eigenvalue weighted by atomic mass is 16.2. The molecule has 2 heteroatoms. The molecule has 1 heterocycles. The minimum atomic E-state index is -0.202. The van der Waals surface area contributed by atoms with Gasteiger partial charge in [0.15, 0.2) is 0 Å². The van der Waals surface area contributed by atoms with Crippen molar-refractivity contribution in [3.05, 3.63) is 108 Å². The Morgan fingerprint density at radius 1 is 0.708 bits per heavy atom. The lowest BCUT2D eigenvalue weighted by Gasteiger charge is -2.42. The standard InChI is InChI=1S/C22H17NO/c24-22-21(18-12-6-2-7-13-18)20(16-17-10-4-1-5-11-17)23(22)19-14-8-3-9-15-19/h1-16,21H/b20-16+. The number of rotatable bonds is 3. The van der Waals surface area contributed by atoms with Gasteiger partial charge in [-0.15, -0.1) is 0 Å². The van der Waals surface area contributed by atoms with E-state index in [1.165, 1.54) is 0 Å². The highest BCUT2D eigenvalue weighted by Crippen LogP contribution is 2.43. The lowest BCUT2D eigenvalue weighted by molar-refractivity contribution is -0.122. The van der Waals surface area contributed by atoms with E-state index in [-0.39, 0.29) is 11.8 Å². The van der Waals surface area contributed by atoms with E-state index in [2.05, 4.69) is 18.2 Å². The van der Waals surface area contributed by atoms with Gasteiger partial charge in [-0.2, -0.15) is 0 Å². The van der Waals surface area contributed by atoms with Gasteiger partial charge >= 0.3 is 0 Å². The summed E-state index contributed by atoms with van der Waals surface area (Å²) in [5, 5.41) is 0. The number of hydrogen-bond acceptors (Lipinski definition) is 1. The second-order valence-corrected chi connectivity index (χ2v) is 5.83. The smallest absolute Gasteiger partial charge is 0.244 e. The molecule has 1 aliphatic heterocycles. The summed E-state index contributed by atoms with van der Waals surface area (Å²) >= 11 is 0. The van der Waals surface area contributed by atoms with Crippen LogP contribution in [-0.2, 0) is 4.79 Å². The Morgan fingerprint density at radius 2 is 1.25 bits per heavy atom. The predicted octanol–water partition coefficient (Wildman–Crippen LogP) is 4.86. The second-order valence-electron chi connectivity index (χ2n) is 5.83. The summed E-state index contributed by atoms with van der Waals surface area (Å²) in [6.07, 6.45) is 2.10. The molecule has 3 aromatic carbocycles. The molecule has 1 atom stereocenters. The number of para-hydroxylation sites is 1. The summed E-state index contributed by atoms with van der Waals surface area (Å²) in [5.74, 6) is -0.0822. The van der Waals surface area contributed by atoms with Crippen LogP contribution in [-0.4, -0.2) is 5.91 Å². The normalized spacial score (nSPS) is 18.5. The topological polar surface area (TPSA) is 20.3 Å². The quantitative estimate of drug-likeness (QED) is 0.633. The third-order valence-electron chi connectivity index (χ3n) is 4.28. The molecule has 0 spiro atoms. The molecule has 0 aliphatic carbocycles. The minimum absolute atomic E-state index is 0.120. The molecule has 0 bridgehead atoms. The highest BCUT2D eigenvalue weighted by Gasteiger charge is 2.44. The molecule has 1 amide bonds. The number of nitrogens with zero attached hydrogens (tertiary/aromatic N) is 1. The van der Waals surface area contributed by atoms with Crippen molar-refractivity contribution in [3.63, 3.8) is 0 Å². The molecule has 1 fully saturated rings. The monoisotopic (exact) mass is 311 g/mol. The maximum absolute atomic E-state index is 12.8. The van der Waals surface area contributed by atoms with Crippen LogP contribution in [0, 0.1) is 0 Å². The van der Waals surface area contributed by atoms with Crippen molar-refractivity contribution in [1.29, 1.82) is 0 Å². The van der Waals surface area contributed by atoms with Crippen molar-refractivity contribution < 1.29 is 4.79 Å². The van der Waals surface area contributed by atoms with Crippen LogP contribution in [0.2, 0.25) is 0 Å². The van der Waals surface area contributed by atoms with Crippen molar-refractivity contribution in [2.45, 2.75) is 5.92 Å². The summed E-state index contributed by atoms with van der Waals surface area (Å²) in [6, 6.07) is 29.9. The SMILES string of the molecule is O=C1C(c2ccccc2)/C(=C\c2ccccc2)N1c1ccccc1. The van der Waals surface area contributed by atoms with Gasteiger partial charge in [0.05, 0.1) is 0 Å². The molecule has 2 nitrogen and oxygen atoms in total. The van der Waals surface area contributed by atoms with Gasteiger partial charge in [-0.05, 0) is 29.3 Å². The van der Waals surface area contributed by atoms with E-state index in [4.69, 9.17) is 0 Å². The van der Waals surface area contributed by atoms with Gasteiger partial charge < -0.3 is 0 Å². The molecule has 0 aromatic heterocycles. The first-order chi connectivity index (χ1) is 11.8. The molecule has 3 aromatic rings. The zero-order valence-corrected chi connectivity index (χ0v) is 13.2. The molecule has 1 aliphatic rings. The van der Waals surface area contributed by atoms with Crippen LogP contribution in [0.15, 0.2) is 96.7 Å². The Morgan fingerprint density at radius 3 is 1.88 bits per heavy atom. The summed E-state index contributed by atoms with van der Waals surface area (Å²) in [5.41, 5.74) is 4.07. The lowest BCUT2D eigenvalue weighted by Crippen LogP contribution is -2.48. The van der Waals surface area contributed by atoms with Crippen molar-refractivity contribution >= 4 is 17.7 Å². The average molecular weight is 311 g/mol. The third kappa shape index (κ3) is 2.52.